The molecule has 0 aromatic heterocycles. The molecular formula is C4H9ClO. The highest BCUT2D eigenvalue weighted by Gasteiger charge is 1.93. The maximum Gasteiger partial charge on any atom is 0.0595 e. The highest BCUT2D eigenvalue weighted by molar-refractivity contribution is 6.20. The number of aliphatic hydroxyl groups is 1. The third kappa shape index (κ3) is 2.49. The molecule has 1 atom stereocenters. The van der Waals surface area contributed by atoms with Crippen molar-refractivity contribution in [1.82, 2.24) is 0 Å². The number of rotatable bonds is 2. The predicted molar refractivity (Wildman–Crippen MR) is 27.0 cm³/mol. The fraction of sp³-hybridized carbons (Fsp3) is 1.00. The zero-order valence-electron chi connectivity index (χ0n) is 3.82. The molecular weight excluding hydrogens is 99.5 g/mol. The molecule has 1 nitrogen and oxygen atoms in total. The molecule has 1 unspecified atom stereocenters. The van der Waals surface area contributed by atoms with E-state index in [1.54, 1.807) is 0 Å². The monoisotopic (exact) mass is 108 g/mol. The van der Waals surface area contributed by atoms with Crippen LogP contribution in [-0.2, 0) is 0 Å². The molecule has 0 aromatic rings. The third-order valence-electron chi connectivity index (χ3n) is 0.641. The van der Waals surface area contributed by atoms with Crippen LogP contribution in [0, 0.1) is 0 Å². The van der Waals surface area contributed by atoms with Crippen LogP contribution in [0.4, 0.5) is 0 Å². The van der Waals surface area contributed by atoms with Gasteiger partial charge in [-0.15, -0.1) is 11.6 Å². The molecule has 2 heteroatoms. The molecule has 1 N–H and O–H groups in total. The molecule has 0 bridgehead atoms. The first kappa shape index (κ1) is 6.25. The van der Waals surface area contributed by atoms with E-state index in [1.807, 2.05) is 6.92 Å². The minimum Gasteiger partial charge on any atom is -0.395 e. The summed E-state index contributed by atoms with van der Waals surface area (Å²) >= 11 is 5.40. The van der Waals surface area contributed by atoms with Gasteiger partial charge in [-0.1, -0.05) is 6.92 Å². The van der Waals surface area contributed by atoms with Gasteiger partial charge in [-0.2, -0.15) is 0 Å². The quantitative estimate of drug-likeness (QED) is 0.524. The van der Waals surface area contributed by atoms with Gasteiger partial charge in [-0.05, 0) is 6.42 Å². The Kier molecular flexibility index (Phi) is 3.58. The first-order chi connectivity index (χ1) is 2.81. The van der Waals surface area contributed by atoms with E-state index in [0.717, 1.165) is 6.42 Å². The Morgan fingerprint density at radius 1 is 1.83 bits per heavy atom. The van der Waals surface area contributed by atoms with Crippen LogP contribution < -0.4 is 0 Å². The Labute approximate surface area is 42.9 Å². The average Bonchev–Trinajstić information content (AvgIpc) is 1.65. The van der Waals surface area contributed by atoms with Crippen molar-refractivity contribution in [3.05, 3.63) is 0 Å². The lowest BCUT2D eigenvalue weighted by Crippen LogP contribution is -2.00. The van der Waals surface area contributed by atoms with E-state index in [0.29, 0.717) is 0 Å². The maximum absolute atomic E-state index is 8.20. The molecule has 38 valence electrons. The Balaban J connectivity index is 2.75. The molecule has 0 rings (SSSR count). The molecule has 0 aliphatic carbocycles. The molecule has 0 saturated heterocycles. The van der Waals surface area contributed by atoms with Gasteiger partial charge in [0, 0.05) is 0 Å². The van der Waals surface area contributed by atoms with E-state index >= 15 is 0 Å². The lowest BCUT2D eigenvalue weighted by Gasteiger charge is -1.95. The van der Waals surface area contributed by atoms with E-state index in [2.05, 4.69) is 0 Å². The summed E-state index contributed by atoms with van der Waals surface area (Å²) in [5, 5.41) is 8.17. The lowest BCUT2D eigenvalue weighted by molar-refractivity contribution is 0.290. The second-order valence-corrected chi connectivity index (χ2v) is 1.81. The van der Waals surface area contributed by atoms with E-state index in [-0.39, 0.29) is 12.0 Å². The van der Waals surface area contributed by atoms with E-state index in [9.17, 15) is 0 Å². The standard InChI is InChI=1S/C4H9ClO/c1-2-4(5)3-6/h4,6H,2-3H2,1H3. The van der Waals surface area contributed by atoms with Gasteiger partial charge in [0.1, 0.15) is 0 Å². The van der Waals surface area contributed by atoms with Gasteiger partial charge >= 0.3 is 0 Å². The molecule has 0 saturated carbocycles. The molecule has 0 fully saturated rings. The SMILES string of the molecule is CCC(Cl)CO. The molecule has 0 radical (unpaired) electrons. The van der Waals surface area contributed by atoms with Crippen LogP contribution in [-0.4, -0.2) is 17.1 Å². The first-order valence-corrected chi connectivity index (χ1v) is 2.49. The highest BCUT2D eigenvalue weighted by atomic mass is 35.5. The second kappa shape index (κ2) is 3.44. The smallest absolute Gasteiger partial charge is 0.0595 e. The van der Waals surface area contributed by atoms with Gasteiger partial charge in [0.15, 0.2) is 0 Å². The summed E-state index contributed by atoms with van der Waals surface area (Å²) in [5.74, 6) is 0. The summed E-state index contributed by atoms with van der Waals surface area (Å²) in [4.78, 5) is 0. The molecule has 0 heterocycles. The van der Waals surface area contributed by atoms with Gasteiger partial charge in [-0.25, -0.2) is 0 Å². The Hall–Kier alpha value is 0.250. The Bertz CT molecular complexity index is 26.7. The van der Waals surface area contributed by atoms with Crippen molar-refractivity contribution in [2.45, 2.75) is 18.7 Å². The molecule has 0 amide bonds. The average molecular weight is 109 g/mol. The molecule has 0 aromatic carbocycles. The zero-order chi connectivity index (χ0) is 4.99. The van der Waals surface area contributed by atoms with Crippen LogP contribution in [0.2, 0.25) is 0 Å². The minimum absolute atomic E-state index is 0.0370. The molecule has 6 heavy (non-hydrogen) atoms. The van der Waals surface area contributed by atoms with Crippen molar-refractivity contribution in [3.8, 4) is 0 Å². The van der Waals surface area contributed by atoms with Crippen LogP contribution in [0.5, 0.6) is 0 Å². The van der Waals surface area contributed by atoms with Crippen molar-refractivity contribution in [1.29, 1.82) is 0 Å². The number of alkyl halides is 1. The summed E-state index contributed by atoms with van der Waals surface area (Å²) in [6.45, 7) is 2.03. The first-order valence-electron chi connectivity index (χ1n) is 2.06. The summed E-state index contributed by atoms with van der Waals surface area (Å²) in [6.07, 6.45) is 0.845. The van der Waals surface area contributed by atoms with E-state index in [1.165, 1.54) is 0 Å². The van der Waals surface area contributed by atoms with Crippen molar-refractivity contribution in [3.63, 3.8) is 0 Å². The van der Waals surface area contributed by atoms with E-state index in [4.69, 9.17) is 16.7 Å². The van der Waals surface area contributed by atoms with Crippen LogP contribution in [0.15, 0.2) is 0 Å². The van der Waals surface area contributed by atoms with Gasteiger partial charge in [-0.3, -0.25) is 0 Å². The number of hydrogen-bond donors (Lipinski definition) is 1. The van der Waals surface area contributed by atoms with Crippen molar-refractivity contribution < 1.29 is 5.11 Å². The minimum atomic E-state index is -0.0370. The molecule has 0 spiro atoms. The van der Waals surface area contributed by atoms with Gasteiger partial charge < -0.3 is 5.11 Å². The van der Waals surface area contributed by atoms with Crippen LogP contribution in [0.1, 0.15) is 13.3 Å². The van der Waals surface area contributed by atoms with Crippen molar-refractivity contribution in [2.24, 2.45) is 0 Å². The third-order valence-corrected chi connectivity index (χ3v) is 1.09. The summed E-state index contributed by atoms with van der Waals surface area (Å²) in [7, 11) is 0. The number of hydrogen-bond acceptors (Lipinski definition) is 1. The summed E-state index contributed by atoms with van der Waals surface area (Å²) < 4.78 is 0. The number of aliphatic hydroxyl groups excluding tert-OH is 1. The van der Waals surface area contributed by atoms with E-state index < -0.39 is 0 Å². The summed E-state index contributed by atoms with van der Waals surface area (Å²) in [6, 6.07) is 0. The Morgan fingerprint density at radius 2 is 2.33 bits per heavy atom. The largest absolute Gasteiger partial charge is 0.395 e. The highest BCUT2D eigenvalue weighted by Crippen LogP contribution is 1.96. The van der Waals surface area contributed by atoms with Crippen molar-refractivity contribution >= 4 is 11.6 Å². The normalized spacial score (nSPS) is 14.5. The zero-order valence-corrected chi connectivity index (χ0v) is 4.57. The van der Waals surface area contributed by atoms with Crippen molar-refractivity contribution in [2.75, 3.05) is 6.61 Å². The molecule has 0 aliphatic heterocycles. The van der Waals surface area contributed by atoms with Gasteiger partial charge in [0.2, 0.25) is 0 Å². The van der Waals surface area contributed by atoms with Gasteiger partial charge in [0.25, 0.3) is 0 Å². The molecule has 0 aliphatic rings. The fourth-order valence-corrected chi connectivity index (χ4v) is 0.129. The topological polar surface area (TPSA) is 20.2 Å². The maximum atomic E-state index is 8.20. The predicted octanol–water partition coefficient (Wildman–Crippen LogP) is 0.996. The van der Waals surface area contributed by atoms with Gasteiger partial charge in [0.05, 0.1) is 12.0 Å². The summed E-state index contributed by atoms with van der Waals surface area (Å²) in [5.41, 5.74) is 0. The lowest BCUT2D eigenvalue weighted by atomic mass is 10.4. The van der Waals surface area contributed by atoms with Crippen LogP contribution >= 0.6 is 11.6 Å². The Morgan fingerprint density at radius 3 is 2.33 bits per heavy atom. The van der Waals surface area contributed by atoms with Crippen LogP contribution in [0.25, 0.3) is 0 Å². The number of halogens is 1. The fourth-order valence-electron chi connectivity index (χ4n) is 0.129. The second-order valence-electron chi connectivity index (χ2n) is 1.19. The van der Waals surface area contributed by atoms with Crippen LogP contribution in [0.3, 0.4) is 0 Å².